The van der Waals surface area contributed by atoms with Crippen molar-refractivity contribution in [3.63, 3.8) is 0 Å². The van der Waals surface area contributed by atoms with Gasteiger partial charge < -0.3 is 10.2 Å². The molecular weight excluding hydrogens is 320 g/mol. The van der Waals surface area contributed by atoms with Gasteiger partial charge in [-0.3, -0.25) is 0 Å². The van der Waals surface area contributed by atoms with Crippen molar-refractivity contribution in [1.29, 1.82) is 0 Å². The third kappa shape index (κ3) is 4.03. The van der Waals surface area contributed by atoms with Crippen molar-refractivity contribution < 1.29 is 0 Å². The summed E-state index contributed by atoms with van der Waals surface area (Å²) in [5.74, 6) is 1.41. The van der Waals surface area contributed by atoms with Crippen LogP contribution in [0.3, 0.4) is 0 Å². The summed E-state index contributed by atoms with van der Waals surface area (Å²) in [5.41, 5.74) is 3.23. The van der Waals surface area contributed by atoms with Crippen LogP contribution in [0.25, 0.3) is 0 Å². The van der Waals surface area contributed by atoms with Crippen LogP contribution in [0.2, 0.25) is 5.02 Å². The lowest BCUT2D eigenvalue weighted by atomic mass is 10.2. The molecule has 0 aliphatic rings. The fraction of sp³-hybridized carbons (Fsp3) is 0.158. The Morgan fingerprint density at radius 3 is 2.67 bits per heavy atom. The number of halogens is 1. The zero-order chi connectivity index (χ0) is 16.9. The molecular formula is C19H19ClN4. The quantitative estimate of drug-likeness (QED) is 0.724. The standard InChI is InChI=1S/C19H19ClN4/c1-14-8-9-16(20)12-17(14)22-19-21-11-10-18(23-19)24(2)13-15-6-4-3-5-7-15/h3-12H,13H2,1-2H3,(H,21,22,23). The smallest absolute Gasteiger partial charge is 0.229 e. The highest BCUT2D eigenvalue weighted by Crippen LogP contribution is 2.23. The van der Waals surface area contributed by atoms with Crippen LogP contribution in [0.1, 0.15) is 11.1 Å². The molecule has 0 unspecified atom stereocenters. The molecule has 0 saturated carbocycles. The molecule has 1 aromatic heterocycles. The normalized spacial score (nSPS) is 10.5. The average molecular weight is 339 g/mol. The van der Waals surface area contributed by atoms with E-state index in [1.807, 2.05) is 56.4 Å². The summed E-state index contributed by atoms with van der Waals surface area (Å²) in [4.78, 5) is 11.0. The minimum atomic E-state index is 0.553. The van der Waals surface area contributed by atoms with Gasteiger partial charge in [-0.15, -0.1) is 0 Å². The van der Waals surface area contributed by atoms with Crippen LogP contribution in [0.4, 0.5) is 17.5 Å². The second kappa shape index (κ2) is 7.32. The van der Waals surface area contributed by atoms with Gasteiger partial charge in [0.25, 0.3) is 0 Å². The number of hydrogen-bond donors (Lipinski definition) is 1. The average Bonchev–Trinajstić information content (AvgIpc) is 2.59. The zero-order valence-electron chi connectivity index (χ0n) is 13.7. The first-order valence-corrected chi connectivity index (χ1v) is 8.11. The number of rotatable bonds is 5. The molecule has 1 heterocycles. The first-order chi connectivity index (χ1) is 11.6. The number of anilines is 3. The highest BCUT2D eigenvalue weighted by atomic mass is 35.5. The topological polar surface area (TPSA) is 41.1 Å². The summed E-state index contributed by atoms with van der Waals surface area (Å²) in [6.07, 6.45) is 1.76. The van der Waals surface area contributed by atoms with Crippen molar-refractivity contribution in [2.24, 2.45) is 0 Å². The molecule has 0 radical (unpaired) electrons. The molecule has 1 N–H and O–H groups in total. The van der Waals surface area contributed by atoms with E-state index in [0.717, 1.165) is 23.6 Å². The Hall–Kier alpha value is -2.59. The van der Waals surface area contributed by atoms with Crippen molar-refractivity contribution in [2.45, 2.75) is 13.5 Å². The summed E-state index contributed by atoms with van der Waals surface area (Å²) < 4.78 is 0. The number of nitrogens with zero attached hydrogens (tertiary/aromatic N) is 3. The van der Waals surface area contributed by atoms with Gasteiger partial charge in [-0.1, -0.05) is 48.0 Å². The second-order valence-electron chi connectivity index (χ2n) is 5.66. The maximum Gasteiger partial charge on any atom is 0.229 e. The molecule has 3 rings (SSSR count). The molecule has 0 saturated heterocycles. The van der Waals surface area contributed by atoms with Crippen LogP contribution in [-0.2, 0) is 6.54 Å². The molecule has 0 aliphatic carbocycles. The Morgan fingerprint density at radius 2 is 1.88 bits per heavy atom. The van der Waals surface area contributed by atoms with Crippen LogP contribution in [0.15, 0.2) is 60.8 Å². The summed E-state index contributed by atoms with van der Waals surface area (Å²) in [6, 6.07) is 17.9. The number of hydrogen-bond acceptors (Lipinski definition) is 4. The molecule has 3 aromatic rings. The molecule has 5 heteroatoms. The predicted octanol–water partition coefficient (Wildman–Crippen LogP) is 4.82. The maximum atomic E-state index is 6.07. The molecule has 0 bridgehead atoms. The number of nitrogens with one attached hydrogen (secondary N) is 1. The van der Waals surface area contributed by atoms with Crippen molar-refractivity contribution in [1.82, 2.24) is 9.97 Å². The number of aryl methyl sites for hydroxylation is 1. The third-order valence-electron chi connectivity index (χ3n) is 3.74. The van der Waals surface area contributed by atoms with E-state index in [1.165, 1.54) is 5.56 Å². The third-order valence-corrected chi connectivity index (χ3v) is 3.98. The van der Waals surface area contributed by atoms with E-state index in [1.54, 1.807) is 6.20 Å². The lowest BCUT2D eigenvalue weighted by Crippen LogP contribution is -2.18. The Labute approximate surface area is 147 Å². The highest BCUT2D eigenvalue weighted by Gasteiger charge is 2.07. The van der Waals surface area contributed by atoms with Crippen LogP contribution in [-0.4, -0.2) is 17.0 Å². The van der Waals surface area contributed by atoms with Gasteiger partial charge in [0.05, 0.1) is 0 Å². The van der Waals surface area contributed by atoms with Gasteiger partial charge in [-0.25, -0.2) is 4.98 Å². The molecule has 0 atom stereocenters. The van der Waals surface area contributed by atoms with Gasteiger partial charge in [0, 0.05) is 30.5 Å². The van der Waals surface area contributed by atoms with Crippen LogP contribution < -0.4 is 10.2 Å². The van der Waals surface area contributed by atoms with Gasteiger partial charge in [-0.05, 0) is 36.2 Å². The molecule has 0 amide bonds. The summed E-state index contributed by atoms with van der Waals surface area (Å²) >= 11 is 6.07. The van der Waals surface area contributed by atoms with Crippen molar-refractivity contribution in [3.8, 4) is 0 Å². The summed E-state index contributed by atoms with van der Waals surface area (Å²) in [7, 11) is 2.02. The first-order valence-electron chi connectivity index (χ1n) is 7.73. The van der Waals surface area contributed by atoms with Gasteiger partial charge in [0.15, 0.2) is 0 Å². The van der Waals surface area contributed by atoms with Crippen molar-refractivity contribution in [3.05, 3.63) is 76.9 Å². The van der Waals surface area contributed by atoms with Gasteiger partial charge >= 0.3 is 0 Å². The predicted molar refractivity (Wildman–Crippen MR) is 100 cm³/mol. The van der Waals surface area contributed by atoms with Crippen LogP contribution in [0, 0.1) is 6.92 Å². The first kappa shape index (κ1) is 16.3. The van der Waals surface area contributed by atoms with E-state index in [4.69, 9.17) is 11.6 Å². The summed E-state index contributed by atoms with van der Waals surface area (Å²) in [6.45, 7) is 2.80. The van der Waals surface area contributed by atoms with Gasteiger partial charge in [0.2, 0.25) is 5.95 Å². The number of aromatic nitrogens is 2. The minimum absolute atomic E-state index is 0.553. The van der Waals surface area contributed by atoms with E-state index in [-0.39, 0.29) is 0 Å². The lowest BCUT2D eigenvalue weighted by molar-refractivity contribution is 0.893. The van der Waals surface area contributed by atoms with Crippen molar-refractivity contribution in [2.75, 3.05) is 17.3 Å². The molecule has 0 fully saturated rings. The second-order valence-corrected chi connectivity index (χ2v) is 6.10. The Balaban J connectivity index is 1.77. The fourth-order valence-corrected chi connectivity index (χ4v) is 2.58. The SMILES string of the molecule is Cc1ccc(Cl)cc1Nc1nccc(N(C)Cc2ccccc2)n1. The molecule has 2 aromatic carbocycles. The molecule has 0 aliphatic heterocycles. The van der Waals surface area contributed by atoms with E-state index < -0.39 is 0 Å². The van der Waals surface area contributed by atoms with Crippen LogP contribution >= 0.6 is 11.6 Å². The van der Waals surface area contributed by atoms with Gasteiger partial charge in [-0.2, -0.15) is 4.98 Å². The van der Waals surface area contributed by atoms with E-state index in [0.29, 0.717) is 11.0 Å². The molecule has 0 spiro atoms. The van der Waals surface area contributed by atoms with Crippen molar-refractivity contribution >= 4 is 29.1 Å². The maximum absolute atomic E-state index is 6.07. The van der Waals surface area contributed by atoms with Crippen LogP contribution in [0.5, 0.6) is 0 Å². The Bertz CT molecular complexity index is 821. The summed E-state index contributed by atoms with van der Waals surface area (Å²) in [5, 5.41) is 3.92. The highest BCUT2D eigenvalue weighted by molar-refractivity contribution is 6.30. The monoisotopic (exact) mass is 338 g/mol. The van der Waals surface area contributed by atoms with E-state index in [2.05, 4.69) is 32.3 Å². The molecule has 24 heavy (non-hydrogen) atoms. The molecule has 4 nitrogen and oxygen atoms in total. The Morgan fingerprint density at radius 1 is 1.08 bits per heavy atom. The zero-order valence-corrected chi connectivity index (χ0v) is 14.5. The van der Waals surface area contributed by atoms with E-state index >= 15 is 0 Å². The minimum Gasteiger partial charge on any atom is -0.355 e. The van der Waals surface area contributed by atoms with Gasteiger partial charge in [0.1, 0.15) is 5.82 Å². The van der Waals surface area contributed by atoms with E-state index in [9.17, 15) is 0 Å². The Kier molecular flexibility index (Phi) is 4.96. The lowest BCUT2D eigenvalue weighted by Gasteiger charge is -2.19. The fourth-order valence-electron chi connectivity index (χ4n) is 2.41. The molecule has 122 valence electrons. The number of benzene rings is 2. The largest absolute Gasteiger partial charge is 0.355 e.